The summed E-state index contributed by atoms with van der Waals surface area (Å²) in [5.41, 5.74) is 1.41. The summed E-state index contributed by atoms with van der Waals surface area (Å²) < 4.78 is 16.3. The molecule has 0 radical (unpaired) electrons. The van der Waals surface area contributed by atoms with Crippen LogP contribution in [0.25, 0.3) is 11.5 Å². The average molecular weight is 399 g/mol. The van der Waals surface area contributed by atoms with Gasteiger partial charge in [0.05, 0.1) is 24.7 Å². The van der Waals surface area contributed by atoms with Crippen LogP contribution in [0.2, 0.25) is 0 Å². The maximum Gasteiger partial charge on any atom is 0.277 e. The van der Waals surface area contributed by atoms with E-state index in [-0.39, 0.29) is 5.91 Å². The molecule has 0 unspecified atom stereocenters. The average Bonchev–Trinajstić information content (AvgIpc) is 3.18. The lowest BCUT2D eigenvalue weighted by Gasteiger charge is -2.13. The molecule has 0 saturated carbocycles. The summed E-state index contributed by atoms with van der Waals surface area (Å²) in [7, 11) is 1.61. The number of nitrogens with one attached hydrogen (secondary N) is 1. The molecule has 8 heteroatoms. The number of carbonyl (C=O) groups is 1. The summed E-state index contributed by atoms with van der Waals surface area (Å²) in [5, 5.41) is 10.8. The van der Waals surface area contributed by atoms with Gasteiger partial charge in [-0.3, -0.25) is 4.79 Å². The van der Waals surface area contributed by atoms with E-state index in [0.29, 0.717) is 29.2 Å². The summed E-state index contributed by atoms with van der Waals surface area (Å²) in [5.74, 6) is 1.59. The highest BCUT2D eigenvalue weighted by Gasteiger charge is 2.20. The van der Waals surface area contributed by atoms with E-state index in [1.165, 1.54) is 11.8 Å². The minimum Gasteiger partial charge on any atom is -0.497 e. The van der Waals surface area contributed by atoms with Crippen molar-refractivity contribution in [3.8, 4) is 23.0 Å². The SMILES string of the molecule is CCOc1ccccc1NC(=O)[C@@H](C)Sc1nnc(-c2ccc(OC)cc2)o1. The van der Waals surface area contributed by atoms with Gasteiger partial charge in [-0.1, -0.05) is 23.9 Å². The zero-order valence-electron chi connectivity index (χ0n) is 15.8. The van der Waals surface area contributed by atoms with Gasteiger partial charge in [-0.25, -0.2) is 0 Å². The molecule has 1 N–H and O–H groups in total. The quantitative estimate of drug-likeness (QED) is 0.566. The molecule has 1 atom stereocenters. The Hall–Kier alpha value is -3.00. The largest absolute Gasteiger partial charge is 0.497 e. The van der Waals surface area contributed by atoms with Crippen molar-refractivity contribution >= 4 is 23.4 Å². The van der Waals surface area contributed by atoms with Crippen LogP contribution in [0.4, 0.5) is 5.69 Å². The molecule has 2 aromatic carbocycles. The molecule has 0 aliphatic heterocycles. The van der Waals surface area contributed by atoms with Gasteiger partial charge in [0.15, 0.2) is 0 Å². The number of anilines is 1. The van der Waals surface area contributed by atoms with Crippen molar-refractivity contribution < 1.29 is 18.7 Å². The molecule has 0 spiro atoms. The Bertz CT molecular complexity index is 927. The molecule has 7 nitrogen and oxygen atoms in total. The van der Waals surface area contributed by atoms with Crippen LogP contribution in [-0.4, -0.2) is 35.1 Å². The third kappa shape index (κ3) is 4.83. The Morgan fingerprint density at radius 3 is 2.64 bits per heavy atom. The zero-order valence-corrected chi connectivity index (χ0v) is 16.7. The van der Waals surface area contributed by atoms with Gasteiger partial charge in [0, 0.05) is 5.56 Å². The predicted molar refractivity (Wildman–Crippen MR) is 108 cm³/mol. The summed E-state index contributed by atoms with van der Waals surface area (Å²) in [6.07, 6.45) is 0. The first-order valence-corrected chi connectivity index (χ1v) is 9.66. The molecule has 146 valence electrons. The van der Waals surface area contributed by atoms with Crippen molar-refractivity contribution in [3.63, 3.8) is 0 Å². The first-order chi connectivity index (χ1) is 13.6. The Kier molecular flexibility index (Phi) is 6.54. The van der Waals surface area contributed by atoms with Crippen LogP contribution in [0.3, 0.4) is 0 Å². The van der Waals surface area contributed by atoms with E-state index in [4.69, 9.17) is 13.9 Å². The van der Waals surface area contributed by atoms with E-state index in [1.807, 2.05) is 49.4 Å². The van der Waals surface area contributed by atoms with Gasteiger partial charge in [-0.05, 0) is 50.2 Å². The Balaban J connectivity index is 1.64. The molecular formula is C20H21N3O4S. The second kappa shape index (κ2) is 9.27. The molecule has 0 bridgehead atoms. The lowest BCUT2D eigenvalue weighted by atomic mass is 10.2. The molecule has 0 aliphatic carbocycles. The number of rotatable bonds is 8. The monoisotopic (exact) mass is 399 g/mol. The van der Waals surface area contributed by atoms with Crippen molar-refractivity contribution in [1.82, 2.24) is 10.2 Å². The fourth-order valence-electron chi connectivity index (χ4n) is 2.40. The van der Waals surface area contributed by atoms with E-state index >= 15 is 0 Å². The molecule has 0 aliphatic rings. The van der Waals surface area contributed by atoms with Crippen molar-refractivity contribution in [2.45, 2.75) is 24.3 Å². The molecule has 28 heavy (non-hydrogen) atoms. The van der Waals surface area contributed by atoms with Crippen LogP contribution in [0, 0.1) is 0 Å². The van der Waals surface area contributed by atoms with Gasteiger partial charge in [0.2, 0.25) is 11.8 Å². The predicted octanol–water partition coefficient (Wildman–Crippen LogP) is 4.26. The number of para-hydroxylation sites is 2. The second-order valence-electron chi connectivity index (χ2n) is 5.78. The third-order valence-corrected chi connectivity index (χ3v) is 4.77. The number of amides is 1. The minimum atomic E-state index is -0.432. The van der Waals surface area contributed by atoms with E-state index in [2.05, 4.69) is 15.5 Å². The van der Waals surface area contributed by atoms with Crippen LogP contribution >= 0.6 is 11.8 Å². The highest BCUT2D eigenvalue weighted by atomic mass is 32.2. The fourth-order valence-corrected chi connectivity index (χ4v) is 3.08. The Labute approximate surface area is 167 Å². The minimum absolute atomic E-state index is 0.179. The first-order valence-electron chi connectivity index (χ1n) is 8.78. The Morgan fingerprint density at radius 1 is 1.18 bits per heavy atom. The zero-order chi connectivity index (χ0) is 19.9. The van der Waals surface area contributed by atoms with Crippen molar-refractivity contribution in [3.05, 3.63) is 48.5 Å². The lowest BCUT2D eigenvalue weighted by Crippen LogP contribution is -2.22. The molecule has 1 heterocycles. The maximum absolute atomic E-state index is 12.5. The Morgan fingerprint density at radius 2 is 1.93 bits per heavy atom. The fraction of sp³-hybridized carbons (Fsp3) is 0.250. The highest BCUT2D eigenvalue weighted by molar-refractivity contribution is 8.00. The van der Waals surface area contributed by atoms with Gasteiger partial charge in [0.1, 0.15) is 11.5 Å². The number of benzene rings is 2. The molecule has 0 saturated heterocycles. The molecule has 1 amide bonds. The van der Waals surface area contributed by atoms with Crippen LogP contribution in [0.1, 0.15) is 13.8 Å². The summed E-state index contributed by atoms with van der Waals surface area (Å²) in [4.78, 5) is 12.5. The number of aromatic nitrogens is 2. The summed E-state index contributed by atoms with van der Waals surface area (Å²) in [6, 6.07) is 14.6. The molecule has 0 fully saturated rings. The number of carbonyl (C=O) groups excluding carboxylic acids is 1. The number of ether oxygens (including phenoxy) is 2. The number of hydrogen-bond donors (Lipinski definition) is 1. The molecule has 1 aromatic heterocycles. The van der Waals surface area contributed by atoms with Crippen LogP contribution in [0.5, 0.6) is 11.5 Å². The van der Waals surface area contributed by atoms with E-state index < -0.39 is 5.25 Å². The second-order valence-corrected chi connectivity index (χ2v) is 7.07. The van der Waals surface area contributed by atoms with Crippen LogP contribution < -0.4 is 14.8 Å². The normalized spacial score (nSPS) is 11.7. The first kappa shape index (κ1) is 19.8. The van der Waals surface area contributed by atoms with Gasteiger partial charge in [-0.2, -0.15) is 0 Å². The third-order valence-electron chi connectivity index (χ3n) is 3.84. The maximum atomic E-state index is 12.5. The smallest absolute Gasteiger partial charge is 0.277 e. The highest BCUT2D eigenvalue weighted by Crippen LogP contribution is 2.29. The van der Waals surface area contributed by atoms with Crippen LogP contribution in [0.15, 0.2) is 58.2 Å². The number of nitrogens with zero attached hydrogens (tertiary/aromatic N) is 2. The van der Waals surface area contributed by atoms with Crippen LogP contribution in [-0.2, 0) is 4.79 Å². The summed E-state index contributed by atoms with van der Waals surface area (Å²) >= 11 is 1.20. The summed E-state index contributed by atoms with van der Waals surface area (Å²) in [6.45, 7) is 4.20. The molecular weight excluding hydrogens is 378 g/mol. The van der Waals surface area contributed by atoms with Crippen molar-refractivity contribution in [2.24, 2.45) is 0 Å². The van der Waals surface area contributed by atoms with E-state index in [0.717, 1.165) is 11.3 Å². The van der Waals surface area contributed by atoms with Gasteiger partial charge in [-0.15, -0.1) is 10.2 Å². The number of methoxy groups -OCH3 is 1. The number of hydrogen-bond acceptors (Lipinski definition) is 7. The van der Waals surface area contributed by atoms with Gasteiger partial charge in [0.25, 0.3) is 5.22 Å². The standard InChI is InChI=1S/C20H21N3O4S/c1-4-26-17-8-6-5-7-16(17)21-18(24)13(2)28-20-23-22-19(27-20)14-9-11-15(25-3)12-10-14/h5-13H,4H2,1-3H3,(H,21,24)/t13-/m1/s1. The van der Waals surface area contributed by atoms with E-state index in [1.54, 1.807) is 20.1 Å². The number of thioether (sulfide) groups is 1. The van der Waals surface area contributed by atoms with Crippen molar-refractivity contribution in [2.75, 3.05) is 19.0 Å². The molecule has 3 aromatic rings. The molecule has 3 rings (SSSR count). The van der Waals surface area contributed by atoms with Gasteiger partial charge >= 0.3 is 0 Å². The van der Waals surface area contributed by atoms with E-state index in [9.17, 15) is 4.79 Å². The van der Waals surface area contributed by atoms with Gasteiger partial charge < -0.3 is 19.2 Å². The topological polar surface area (TPSA) is 86.5 Å². The van der Waals surface area contributed by atoms with Crippen molar-refractivity contribution in [1.29, 1.82) is 0 Å². The lowest BCUT2D eigenvalue weighted by molar-refractivity contribution is -0.115.